The molecule has 2 unspecified atom stereocenters. The monoisotopic (exact) mass is 278 g/mol. The first-order chi connectivity index (χ1) is 9.67. The van der Waals surface area contributed by atoms with Crippen molar-refractivity contribution >= 4 is 6.16 Å². The molecule has 0 aromatic carbocycles. The summed E-state index contributed by atoms with van der Waals surface area (Å²) in [4.78, 5) is 11.8. The van der Waals surface area contributed by atoms with Gasteiger partial charge in [0.2, 0.25) is 0 Å². The summed E-state index contributed by atoms with van der Waals surface area (Å²) in [6.07, 6.45) is 10.3. The predicted octanol–water partition coefficient (Wildman–Crippen LogP) is 4.96. The SMILES string of the molecule is C=CCCC(CC=C)OC(=O)OC(CC=C)CCC=C. The van der Waals surface area contributed by atoms with Gasteiger partial charge in [-0.05, 0) is 25.7 Å². The summed E-state index contributed by atoms with van der Waals surface area (Å²) in [5.41, 5.74) is 0. The average molecular weight is 278 g/mol. The lowest BCUT2D eigenvalue weighted by molar-refractivity contribution is -0.00368. The molecule has 0 spiro atoms. The lowest BCUT2D eigenvalue weighted by Gasteiger charge is -2.19. The van der Waals surface area contributed by atoms with Gasteiger partial charge in [0.1, 0.15) is 12.2 Å². The van der Waals surface area contributed by atoms with E-state index in [4.69, 9.17) is 9.47 Å². The van der Waals surface area contributed by atoms with Gasteiger partial charge in [-0.15, -0.1) is 26.3 Å². The largest absolute Gasteiger partial charge is 0.508 e. The number of allylic oxidation sites excluding steroid dienone is 2. The first-order valence-electron chi connectivity index (χ1n) is 6.98. The van der Waals surface area contributed by atoms with E-state index in [1.54, 1.807) is 24.3 Å². The molecule has 0 fully saturated rings. The van der Waals surface area contributed by atoms with E-state index in [9.17, 15) is 4.79 Å². The quantitative estimate of drug-likeness (QED) is 0.374. The summed E-state index contributed by atoms with van der Waals surface area (Å²) in [6, 6.07) is 0. The molecule has 2 atom stereocenters. The second-order valence-corrected chi connectivity index (χ2v) is 4.51. The van der Waals surface area contributed by atoms with Crippen LogP contribution in [0.5, 0.6) is 0 Å². The minimum absolute atomic E-state index is 0.207. The Morgan fingerprint density at radius 1 is 0.800 bits per heavy atom. The molecule has 20 heavy (non-hydrogen) atoms. The van der Waals surface area contributed by atoms with E-state index in [1.165, 1.54) is 0 Å². The predicted molar refractivity (Wildman–Crippen MR) is 83.6 cm³/mol. The van der Waals surface area contributed by atoms with Crippen LogP contribution in [-0.4, -0.2) is 18.4 Å². The molecule has 0 saturated heterocycles. The number of rotatable bonds is 12. The van der Waals surface area contributed by atoms with Crippen molar-refractivity contribution in [3.05, 3.63) is 50.6 Å². The fourth-order valence-electron chi connectivity index (χ4n) is 1.73. The lowest BCUT2D eigenvalue weighted by Crippen LogP contribution is -2.23. The molecule has 0 rings (SSSR count). The molecule has 112 valence electrons. The minimum atomic E-state index is -0.628. The third-order valence-electron chi connectivity index (χ3n) is 2.77. The van der Waals surface area contributed by atoms with Crippen molar-refractivity contribution in [1.82, 2.24) is 0 Å². The first kappa shape index (κ1) is 18.2. The molecule has 3 heteroatoms. The van der Waals surface area contributed by atoms with Crippen LogP contribution in [0.1, 0.15) is 38.5 Å². The maximum absolute atomic E-state index is 11.8. The summed E-state index contributed by atoms with van der Waals surface area (Å²) in [7, 11) is 0. The maximum Gasteiger partial charge on any atom is 0.508 e. The standard InChI is InChI=1S/C17H26O3/c1-5-9-13-15(11-7-3)19-17(18)20-16(12-8-4)14-10-6-2/h5-8,15-16H,1-4,9-14H2. The zero-order chi connectivity index (χ0) is 15.2. The molecule has 0 bridgehead atoms. The van der Waals surface area contributed by atoms with Crippen LogP contribution < -0.4 is 0 Å². The van der Waals surface area contributed by atoms with Gasteiger partial charge in [-0.2, -0.15) is 0 Å². The van der Waals surface area contributed by atoms with Crippen molar-refractivity contribution in [2.45, 2.75) is 50.7 Å². The van der Waals surface area contributed by atoms with E-state index in [1.807, 2.05) is 0 Å². The zero-order valence-electron chi connectivity index (χ0n) is 12.3. The van der Waals surface area contributed by atoms with Crippen molar-refractivity contribution in [3.8, 4) is 0 Å². The van der Waals surface area contributed by atoms with Gasteiger partial charge in [-0.1, -0.05) is 24.3 Å². The average Bonchev–Trinajstić information content (AvgIpc) is 2.42. The molecule has 0 aliphatic rings. The highest BCUT2D eigenvalue weighted by molar-refractivity contribution is 5.60. The third-order valence-corrected chi connectivity index (χ3v) is 2.77. The Morgan fingerprint density at radius 3 is 1.50 bits per heavy atom. The summed E-state index contributed by atoms with van der Waals surface area (Å²) in [6.45, 7) is 14.6. The maximum atomic E-state index is 11.8. The van der Waals surface area contributed by atoms with Crippen molar-refractivity contribution < 1.29 is 14.3 Å². The van der Waals surface area contributed by atoms with E-state index in [0.717, 1.165) is 25.7 Å². The number of hydrogen-bond donors (Lipinski definition) is 0. The first-order valence-corrected chi connectivity index (χ1v) is 6.98. The molecule has 0 aromatic rings. The molecule has 0 aliphatic carbocycles. The van der Waals surface area contributed by atoms with Crippen LogP contribution in [-0.2, 0) is 9.47 Å². The van der Waals surface area contributed by atoms with Crippen molar-refractivity contribution in [2.24, 2.45) is 0 Å². The highest BCUT2D eigenvalue weighted by Crippen LogP contribution is 2.13. The van der Waals surface area contributed by atoms with Crippen LogP contribution in [0.4, 0.5) is 4.79 Å². The normalized spacial score (nSPS) is 12.8. The number of hydrogen-bond acceptors (Lipinski definition) is 3. The van der Waals surface area contributed by atoms with Gasteiger partial charge in [-0.3, -0.25) is 0 Å². The van der Waals surface area contributed by atoms with E-state index in [-0.39, 0.29) is 12.2 Å². The van der Waals surface area contributed by atoms with E-state index in [2.05, 4.69) is 26.3 Å². The van der Waals surface area contributed by atoms with Crippen molar-refractivity contribution in [1.29, 1.82) is 0 Å². The minimum Gasteiger partial charge on any atom is -0.431 e. The second-order valence-electron chi connectivity index (χ2n) is 4.51. The highest BCUT2D eigenvalue weighted by atomic mass is 16.7. The van der Waals surface area contributed by atoms with Gasteiger partial charge in [0, 0.05) is 12.8 Å². The molecule has 3 nitrogen and oxygen atoms in total. The van der Waals surface area contributed by atoms with Gasteiger partial charge in [-0.25, -0.2) is 4.79 Å². The summed E-state index contributed by atoms with van der Waals surface area (Å²) in [5, 5.41) is 0. The smallest absolute Gasteiger partial charge is 0.431 e. The fraction of sp³-hybridized carbons (Fsp3) is 0.471. The molecular formula is C17H26O3. The lowest BCUT2D eigenvalue weighted by atomic mass is 10.1. The van der Waals surface area contributed by atoms with Crippen LogP contribution >= 0.6 is 0 Å². The van der Waals surface area contributed by atoms with Crippen LogP contribution in [0, 0.1) is 0 Å². The number of carbonyl (C=O) groups is 1. The van der Waals surface area contributed by atoms with Gasteiger partial charge < -0.3 is 9.47 Å². The molecule has 0 N–H and O–H groups in total. The topological polar surface area (TPSA) is 35.5 Å². The summed E-state index contributed by atoms with van der Waals surface area (Å²) < 4.78 is 10.6. The van der Waals surface area contributed by atoms with E-state index >= 15 is 0 Å². The van der Waals surface area contributed by atoms with Gasteiger partial charge >= 0.3 is 6.16 Å². The molecule has 0 aromatic heterocycles. The highest BCUT2D eigenvalue weighted by Gasteiger charge is 2.17. The molecule has 0 radical (unpaired) electrons. The molecular weight excluding hydrogens is 252 g/mol. The molecule has 0 amide bonds. The Morgan fingerprint density at radius 2 is 1.20 bits per heavy atom. The van der Waals surface area contributed by atoms with Crippen LogP contribution in [0.25, 0.3) is 0 Å². The Balaban J connectivity index is 4.29. The van der Waals surface area contributed by atoms with Crippen LogP contribution in [0.15, 0.2) is 50.6 Å². The Labute approximate surface area is 122 Å². The van der Waals surface area contributed by atoms with E-state index < -0.39 is 6.16 Å². The van der Waals surface area contributed by atoms with Gasteiger partial charge in [0.15, 0.2) is 0 Å². The molecule has 0 aliphatic heterocycles. The van der Waals surface area contributed by atoms with Crippen molar-refractivity contribution in [2.75, 3.05) is 0 Å². The molecule has 0 heterocycles. The Bertz CT molecular complexity index is 290. The summed E-state index contributed by atoms with van der Waals surface area (Å²) >= 11 is 0. The Kier molecular flexibility index (Phi) is 11.2. The van der Waals surface area contributed by atoms with Crippen LogP contribution in [0.2, 0.25) is 0 Å². The van der Waals surface area contributed by atoms with Gasteiger partial charge in [0.25, 0.3) is 0 Å². The van der Waals surface area contributed by atoms with Crippen LogP contribution in [0.3, 0.4) is 0 Å². The fourth-order valence-corrected chi connectivity index (χ4v) is 1.73. The Hall–Kier alpha value is -1.77. The van der Waals surface area contributed by atoms with E-state index in [0.29, 0.717) is 12.8 Å². The second kappa shape index (κ2) is 12.3. The number of carbonyl (C=O) groups excluding carboxylic acids is 1. The van der Waals surface area contributed by atoms with Crippen molar-refractivity contribution in [3.63, 3.8) is 0 Å². The third kappa shape index (κ3) is 9.20. The van der Waals surface area contributed by atoms with Gasteiger partial charge in [0.05, 0.1) is 0 Å². The summed E-state index contributed by atoms with van der Waals surface area (Å²) in [5.74, 6) is 0. The molecule has 0 saturated carbocycles. The zero-order valence-corrected chi connectivity index (χ0v) is 12.3. The number of ether oxygens (including phenoxy) is 2.